The van der Waals surface area contributed by atoms with Crippen LogP contribution in [0.1, 0.15) is 51.3 Å². The Bertz CT molecular complexity index is 474. The van der Waals surface area contributed by atoms with Gasteiger partial charge in [0.2, 0.25) is 5.91 Å². The van der Waals surface area contributed by atoms with E-state index in [0.717, 1.165) is 5.69 Å². The Kier molecular flexibility index (Phi) is 8.25. The van der Waals surface area contributed by atoms with Crippen LogP contribution in [0, 0.1) is 0 Å². The summed E-state index contributed by atoms with van der Waals surface area (Å²) < 4.78 is 12.8. The first-order valence-electron chi connectivity index (χ1n) is 9.21. The summed E-state index contributed by atoms with van der Waals surface area (Å²) in [5.41, 5.74) is 0.852. The van der Waals surface area contributed by atoms with Gasteiger partial charge >= 0.3 is 0 Å². The zero-order valence-corrected chi connectivity index (χ0v) is 15.1. The van der Waals surface area contributed by atoms with Crippen molar-refractivity contribution in [1.29, 1.82) is 0 Å². The van der Waals surface area contributed by atoms with Crippen LogP contribution in [0.2, 0.25) is 0 Å². The standard InChI is InChI=1S/C18H31N3O3/c1-3-23-13-11-20(12-14-24-4-2)18(22)15-16-9-10-21(19-16)17-7-5-6-8-17/h9-10,17H,3-8,11-15H2,1-2H3. The first-order valence-corrected chi connectivity index (χ1v) is 9.21. The molecule has 0 N–H and O–H groups in total. The summed E-state index contributed by atoms with van der Waals surface area (Å²) >= 11 is 0. The molecule has 1 heterocycles. The molecule has 1 aromatic rings. The van der Waals surface area contributed by atoms with Gasteiger partial charge in [0.15, 0.2) is 0 Å². The van der Waals surface area contributed by atoms with Crippen LogP contribution in [0.5, 0.6) is 0 Å². The second kappa shape index (κ2) is 10.5. The van der Waals surface area contributed by atoms with Crippen molar-refractivity contribution in [2.75, 3.05) is 39.5 Å². The smallest absolute Gasteiger partial charge is 0.228 e. The summed E-state index contributed by atoms with van der Waals surface area (Å²) in [4.78, 5) is 14.4. The number of ether oxygens (including phenoxy) is 2. The first kappa shape index (κ1) is 18.9. The van der Waals surface area contributed by atoms with E-state index in [0.29, 0.717) is 52.0 Å². The van der Waals surface area contributed by atoms with E-state index in [-0.39, 0.29) is 5.91 Å². The fourth-order valence-corrected chi connectivity index (χ4v) is 3.11. The monoisotopic (exact) mass is 337 g/mol. The van der Waals surface area contributed by atoms with Crippen LogP contribution in [0.3, 0.4) is 0 Å². The molecule has 6 heteroatoms. The Morgan fingerprint density at radius 2 is 1.83 bits per heavy atom. The molecule has 24 heavy (non-hydrogen) atoms. The van der Waals surface area contributed by atoms with Gasteiger partial charge < -0.3 is 14.4 Å². The van der Waals surface area contributed by atoms with Gasteiger partial charge in [-0.2, -0.15) is 5.10 Å². The molecule has 1 amide bonds. The summed E-state index contributed by atoms with van der Waals surface area (Å²) in [7, 11) is 0. The highest BCUT2D eigenvalue weighted by Crippen LogP contribution is 2.28. The van der Waals surface area contributed by atoms with Gasteiger partial charge in [-0.1, -0.05) is 12.8 Å². The average molecular weight is 337 g/mol. The third-order valence-electron chi connectivity index (χ3n) is 4.47. The highest BCUT2D eigenvalue weighted by atomic mass is 16.5. The third kappa shape index (κ3) is 5.91. The summed E-state index contributed by atoms with van der Waals surface area (Å²) in [6.45, 7) is 7.57. The molecule has 1 fully saturated rings. The summed E-state index contributed by atoms with van der Waals surface area (Å²) in [6.07, 6.45) is 7.32. The Hall–Kier alpha value is -1.40. The van der Waals surface area contributed by atoms with Gasteiger partial charge in [0.25, 0.3) is 0 Å². The molecule has 1 aliphatic carbocycles. The van der Waals surface area contributed by atoms with Crippen molar-refractivity contribution in [2.45, 2.75) is 52.0 Å². The molecule has 2 rings (SSSR count). The van der Waals surface area contributed by atoms with Crippen molar-refractivity contribution in [1.82, 2.24) is 14.7 Å². The predicted octanol–water partition coefficient (Wildman–Crippen LogP) is 2.44. The molecule has 0 aromatic carbocycles. The quantitative estimate of drug-likeness (QED) is 0.582. The number of nitrogens with zero attached hydrogens (tertiary/aromatic N) is 3. The summed E-state index contributed by atoms with van der Waals surface area (Å²) in [5.74, 6) is 0.0890. The molecule has 1 saturated carbocycles. The molecule has 0 aliphatic heterocycles. The second-order valence-electron chi connectivity index (χ2n) is 6.18. The molecule has 0 spiro atoms. The molecule has 0 unspecified atom stereocenters. The van der Waals surface area contributed by atoms with Crippen molar-refractivity contribution in [3.8, 4) is 0 Å². The maximum Gasteiger partial charge on any atom is 0.228 e. The van der Waals surface area contributed by atoms with Crippen LogP contribution in [0.4, 0.5) is 0 Å². The van der Waals surface area contributed by atoms with Crippen molar-refractivity contribution in [3.05, 3.63) is 18.0 Å². The first-order chi connectivity index (χ1) is 11.7. The lowest BCUT2D eigenvalue weighted by Gasteiger charge is -2.22. The minimum absolute atomic E-state index is 0.0890. The SMILES string of the molecule is CCOCCN(CCOCC)C(=O)Cc1ccn(C2CCCC2)n1. The van der Waals surface area contributed by atoms with Crippen LogP contribution in [0.25, 0.3) is 0 Å². The Labute approximate surface area is 145 Å². The lowest BCUT2D eigenvalue weighted by molar-refractivity contribution is -0.132. The summed E-state index contributed by atoms with van der Waals surface area (Å²) in [6, 6.07) is 2.49. The number of rotatable bonds is 11. The maximum atomic E-state index is 12.6. The minimum atomic E-state index is 0.0890. The van der Waals surface area contributed by atoms with E-state index in [4.69, 9.17) is 9.47 Å². The van der Waals surface area contributed by atoms with Crippen molar-refractivity contribution in [3.63, 3.8) is 0 Å². The minimum Gasteiger partial charge on any atom is -0.380 e. The number of aromatic nitrogens is 2. The largest absolute Gasteiger partial charge is 0.380 e. The molecular formula is C18H31N3O3. The van der Waals surface area contributed by atoms with Gasteiger partial charge in [-0.25, -0.2) is 0 Å². The van der Waals surface area contributed by atoms with Crippen molar-refractivity contribution < 1.29 is 14.3 Å². The Morgan fingerprint density at radius 1 is 1.21 bits per heavy atom. The summed E-state index contributed by atoms with van der Waals surface area (Å²) in [5, 5.41) is 4.61. The molecule has 1 aliphatic rings. The van der Waals surface area contributed by atoms with Gasteiger partial charge in [0, 0.05) is 32.5 Å². The van der Waals surface area contributed by atoms with E-state index in [2.05, 4.69) is 5.10 Å². The Balaban J connectivity index is 1.87. The zero-order chi connectivity index (χ0) is 17.2. The Morgan fingerprint density at radius 3 is 2.42 bits per heavy atom. The lowest BCUT2D eigenvalue weighted by atomic mass is 10.2. The molecule has 0 atom stereocenters. The highest BCUT2D eigenvalue weighted by Gasteiger charge is 2.19. The van der Waals surface area contributed by atoms with Gasteiger partial charge in [-0.05, 0) is 32.8 Å². The van der Waals surface area contributed by atoms with Gasteiger partial charge in [-0.3, -0.25) is 9.48 Å². The van der Waals surface area contributed by atoms with Gasteiger partial charge in [0.05, 0.1) is 31.4 Å². The van der Waals surface area contributed by atoms with Gasteiger partial charge in [0.1, 0.15) is 0 Å². The van der Waals surface area contributed by atoms with Crippen LogP contribution >= 0.6 is 0 Å². The molecule has 136 valence electrons. The number of amides is 1. The third-order valence-corrected chi connectivity index (χ3v) is 4.47. The van der Waals surface area contributed by atoms with E-state index in [1.807, 2.05) is 35.7 Å². The van der Waals surface area contributed by atoms with Crippen LogP contribution in [0.15, 0.2) is 12.3 Å². The van der Waals surface area contributed by atoms with Crippen LogP contribution < -0.4 is 0 Å². The van der Waals surface area contributed by atoms with E-state index < -0.39 is 0 Å². The van der Waals surface area contributed by atoms with E-state index in [1.165, 1.54) is 25.7 Å². The van der Waals surface area contributed by atoms with Crippen molar-refractivity contribution >= 4 is 5.91 Å². The predicted molar refractivity (Wildman–Crippen MR) is 93.0 cm³/mol. The van der Waals surface area contributed by atoms with E-state index >= 15 is 0 Å². The lowest BCUT2D eigenvalue weighted by Crippen LogP contribution is -2.37. The maximum absolute atomic E-state index is 12.6. The fourth-order valence-electron chi connectivity index (χ4n) is 3.11. The number of carbonyl (C=O) groups excluding carboxylic acids is 1. The number of hydrogen-bond acceptors (Lipinski definition) is 4. The van der Waals surface area contributed by atoms with E-state index in [1.54, 1.807) is 0 Å². The normalized spacial score (nSPS) is 15.1. The second-order valence-corrected chi connectivity index (χ2v) is 6.18. The zero-order valence-electron chi connectivity index (χ0n) is 15.1. The fraction of sp³-hybridized carbons (Fsp3) is 0.778. The molecule has 0 bridgehead atoms. The molecule has 6 nitrogen and oxygen atoms in total. The molecular weight excluding hydrogens is 306 g/mol. The van der Waals surface area contributed by atoms with Crippen LogP contribution in [-0.2, 0) is 20.7 Å². The van der Waals surface area contributed by atoms with Crippen molar-refractivity contribution in [2.24, 2.45) is 0 Å². The topological polar surface area (TPSA) is 56.6 Å². The van der Waals surface area contributed by atoms with Crippen LogP contribution in [-0.4, -0.2) is 60.1 Å². The molecule has 0 radical (unpaired) electrons. The van der Waals surface area contributed by atoms with E-state index in [9.17, 15) is 4.79 Å². The molecule has 0 saturated heterocycles. The molecule has 1 aromatic heterocycles. The highest BCUT2D eigenvalue weighted by molar-refractivity contribution is 5.78. The number of hydrogen-bond donors (Lipinski definition) is 0. The number of carbonyl (C=O) groups is 1. The van der Waals surface area contributed by atoms with Gasteiger partial charge in [-0.15, -0.1) is 0 Å². The average Bonchev–Trinajstić information content (AvgIpc) is 3.24.